The summed E-state index contributed by atoms with van der Waals surface area (Å²) >= 11 is 0. The molecule has 8 heteroatoms. The van der Waals surface area contributed by atoms with E-state index in [-0.39, 0.29) is 43.1 Å². The van der Waals surface area contributed by atoms with Gasteiger partial charge in [-0.3, -0.25) is 19.2 Å². The molecular formula is C20H28N4O4. The molecule has 1 saturated carbocycles. The van der Waals surface area contributed by atoms with Crippen molar-refractivity contribution >= 4 is 29.3 Å². The van der Waals surface area contributed by atoms with Crippen molar-refractivity contribution in [2.75, 3.05) is 25.0 Å². The average Bonchev–Trinajstić information content (AvgIpc) is 3.22. The number of primary amides is 1. The van der Waals surface area contributed by atoms with E-state index in [0.29, 0.717) is 17.8 Å². The summed E-state index contributed by atoms with van der Waals surface area (Å²) in [6, 6.07) is 6.26. The average molecular weight is 388 g/mol. The lowest BCUT2D eigenvalue weighted by Crippen LogP contribution is -2.42. The standard InChI is InChI=1S/C20H28N4O4/c1-2-24(18(26)13-22-20(28)15-5-3-4-6-15)12-11-17(25)23-16-9-7-14(8-10-16)19(21)27/h7-10,15H,2-6,11-13H2,1H3,(H2,21,27)(H,22,28)(H,23,25). The van der Waals surface area contributed by atoms with Gasteiger partial charge in [0.2, 0.25) is 23.6 Å². The smallest absolute Gasteiger partial charge is 0.248 e. The molecular weight excluding hydrogens is 360 g/mol. The van der Waals surface area contributed by atoms with E-state index in [0.717, 1.165) is 25.7 Å². The molecule has 1 fully saturated rings. The Morgan fingerprint density at radius 3 is 2.32 bits per heavy atom. The van der Waals surface area contributed by atoms with Gasteiger partial charge in [-0.15, -0.1) is 0 Å². The molecule has 4 amide bonds. The van der Waals surface area contributed by atoms with Crippen molar-refractivity contribution in [2.24, 2.45) is 11.7 Å². The highest BCUT2D eigenvalue weighted by molar-refractivity contribution is 5.95. The summed E-state index contributed by atoms with van der Waals surface area (Å²) < 4.78 is 0. The van der Waals surface area contributed by atoms with E-state index >= 15 is 0 Å². The molecule has 0 heterocycles. The number of nitrogens with one attached hydrogen (secondary N) is 2. The Bertz CT molecular complexity index is 711. The van der Waals surface area contributed by atoms with Crippen molar-refractivity contribution in [1.82, 2.24) is 10.2 Å². The van der Waals surface area contributed by atoms with Crippen LogP contribution in [0.2, 0.25) is 0 Å². The zero-order chi connectivity index (χ0) is 20.5. The van der Waals surface area contributed by atoms with Crippen molar-refractivity contribution in [3.8, 4) is 0 Å². The summed E-state index contributed by atoms with van der Waals surface area (Å²) in [5, 5.41) is 5.43. The molecule has 0 spiro atoms. The number of nitrogens with zero attached hydrogens (tertiary/aromatic N) is 1. The van der Waals surface area contributed by atoms with Crippen molar-refractivity contribution in [2.45, 2.75) is 39.0 Å². The fraction of sp³-hybridized carbons (Fsp3) is 0.500. The van der Waals surface area contributed by atoms with Gasteiger partial charge in [-0.05, 0) is 44.0 Å². The zero-order valence-electron chi connectivity index (χ0n) is 16.2. The molecule has 0 aromatic heterocycles. The first kappa shape index (κ1) is 21.4. The van der Waals surface area contributed by atoms with Gasteiger partial charge in [0.1, 0.15) is 0 Å². The third kappa shape index (κ3) is 6.37. The van der Waals surface area contributed by atoms with Crippen molar-refractivity contribution in [3.05, 3.63) is 29.8 Å². The number of benzene rings is 1. The van der Waals surface area contributed by atoms with Crippen LogP contribution in [0.25, 0.3) is 0 Å². The van der Waals surface area contributed by atoms with Crippen molar-refractivity contribution in [1.29, 1.82) is 0 Å². The number of hydrogen-bond donors (Lipinski definition) is 3. The number of carbonyl (C=O) groups is 4. The first-order valence-electron chi connectivity index (χ1n) is 9.66. The lowest BCUT2D eigenvalue weighted by atomic mass is 10.1. The van der Waals surface area contributed by atoms with Crippen molar-refractivity contribution in [3.63, 3.8) is 0 Å². The molecule has 0 bridgehead atoms. The number of nitrogens with two attached hydrogens (primary N) is 1. The van der Waals surface area contributed by atoms with Gasteiger partial charge in [-0.1, -0.05) is 12.8 Å². The van der Waals surface area contributed by atoms with Crippen LogP contribution < -0.4 is 16.4 Å². The van der Waals surface area contributed by atoms with Crippen LogP contribution in [0.4, 0.5) is 5.69 Å². The minimum absolute atomic E-state index is 0.0228. The number of anilines is 1. The second-order valence-electron chi connectivity index (χ2n) is 6.91. The third-order valence-corrected chi connectivity index (χ3v) is 4.94. The molecule has 0 radical (unpaired) electrons. The van der Waals surface area contributed by atoms with Crippen LogP contribution >= 0.6 is 0 Å². The van der Waals surface area contributed by atoms with E-state index in [2.05, 4.69) is 10.6 Å². The summed E-state index contributed by atoms with van der Waals surface area (Å²) in [5.41, 5.74) is 6.09. The highest BCUT2D eigenvalue weighted by Crippen LogP contribution is 2.24. The number of carbonyl (C=O) groups excluding carboxylic acids is 4. The lowest BCUT2D eigenvalue weighted by molar-refractivity contribution is -0.134. The Labute approximate surface area is 164 Å². The molecule has 28 heavy (non-hydrogen) atoms. The van der Waals surface area contributed by atoms with Gasteiger partial charge in [0.15, 0.2) is 0 Å². The molecule has 0 atom stereocenters. The van der Waals surface area contributed by atoms with Crippen LogP contribution in [0, 0.1) is 5.92 Å². The Kier molecular flexibility index (Phi) is 7.98. The Hall–Kier alpha value is -2.90. The van der Waals surface area contributed by atoms with Crippen LogP contribution in [0.1, 0.15) is 49.4 Å². The fourth-order valence-electron chi connectivity index (χ4n) is 3.24. The molecule has 8 nitrogen and oxygen atoms in total. The van der Waals surface area contributed by atoms with Gasteiger partial charge < -0.3 is 21.3 Å². The van der Waals surface area contributed by atoms with Crippen LogP contribution in [0.3, 0.4) is 0 Å². The van der Waals surface area contributed by atoms with E-state index < -0.39 is 5.91 Å². The predicted octanol–water partition coefficient (Wildman–Crippen LogP) is 1.27. The third-order valence-electron chi connectivity index (χ3n) is 4.94. The van der Waals surface area contributed by atoms with Gasteiger partial charge in [0.05, 0.1) is 6.54 Å². The van der Waals surface area contributed by atoms with E-state index in [9.17, 15) is 19.2 Å². The first-order chi connectivity index (χ1) is 13.4. The number of amides is 4. The maximum atomic E-state index is 12.3. The number of hydrogen-bond acceptors (Lipinski definition) is 4. The number of rotatable bonds is 9. The highest BCUT2D eigenvalue weighted by atomic mass is 16.2. The largest absolute Gasteiger partial charge is 0.366 e. The summed E-state index contributed by atoms with van der Waals surface area (Å²) in [4.78, 5) is 49.0. The fourth-order valence-corrected chi connectivity index (χ4v) is 3.24. The molecule has 1 aliphatic rings. The Morgan fingerprint density at radius 1 is 1.11 bits per heavy atom. The van der Waals surface area contributed by atoms with E-state index in [4.69, 9.17) is 5.73 Å². The summed E-state index contributed by atoms with van der Waals surface area (Å²) in [6.45, 7) is 2.51. The summed E-state index contributed by atoms with van der Waals surface area (Å²) in [6.07, 6.45) is 4.03. The van der Waals surface area contributed by atoms with Crippen molar-refractivity contribution < 1.29 is 19.2 Å². The van der Waals surface area contributed by atoms with Gasteiger partial charge in [-0.25, -0.2) is 0 Å². The molecule has 1 aromatic rings. The summed E-state index contributed by atoms with van der Waals surface area (Å²) in [5.74, 6) is -1.01. The van der Waals surface area contributed by atoms with Gasteiger partial charge >= 0.3 is 0 Å². The van der Waals surface area contributed by atoms with Crippen LogP contribution in [-0.2, 0) is 14.4 Å². The predicted molar refractivity (Wildman–Crippen MR) is 105 cm³/mol. The van der Waals surface area contributed by atoms with Gasteiger partial charge in [-0.2, -0.15) is 0 Å². The van der Waals surface area contributed by atoms with Gasteiger partial charge in [0, 0.05) is 36.7 Å². The topological polar surface area (TPSA) is 122 Å². The summed E-state index contributed by atoms with van der Waals surface area (Å²) in [7, 11) is 0. The molecule has 2 rings (SSSR count). The molecule has 0 unspecified atom stereocenters. The monoisotopic (exact) mass is 388 g/mol. The van der Waals surface area contributed by atoms with Crippen LogP contribution in [0.15, 0.2) is 24.3 Å². The van der Waals surface area contributed by atoms with E-state index in [1.54, 1.807) is 17.0 Å². The number of likely N-dealkylation sites (N-methyl/N-ethyl adjacent to an activating group) is 1. The molecule has 1 aromatic carbocycles. The Morgan fingerprint density at radius 2 is 1.75 bits per heavy atom. The lowest BCUT2D eigenvalue weighted by Gasteiger charge is -2.21. The zero-order valence-corrected chi connectivity index (χ0v) is 16.2. The second kappa shape index (κ2) is 10.4. The molecule has 0 saturated heterocycles. The van der Waals surface area contributed by atoms with Gasteiger partial charge in [0.25, 0.3) is 0 Å². The van der Waals surface area contributed by atoms with Crippen LogP contribution in [0.5, 0.6) is 0 Å². The quantitative estimate of drug-likeness (QED) is 0.590. The normalized spacial score (nSPS) is 13.8. The van der Waals surface area contributed by atoms with Crippen LogP contribution in [-0.4, -0.2) is 48.2 Å². The highest BCUT2D eigenvalue weighted by Gasteiger charge is 2.23. The maximum absolute atomic E-state index is 12.3. The van der Waals surface area contributed by atoms with E-state index in [1.807, 2.05) is 6.92 Å². The second-order valence-corrected chi connectivity index (χ2v) is 6.91. The minimum Gasteiger partial charge on any atom is -0.366 e. The molecule has 1 aliphatic carbocycles. The minimum atomic E-state index is -0.532. The molecule has 0 aliphatic heterocycles. The maximum Gasteiger partial charge on any atom is 0.248 e. The molecule has 152 valence electrons. The molecule has 4 N–H and O–H groups in total. The Balaban J connectivity index is 1.75. The van der Waals surface area contributed by atoms with E-state index in [1.165, 1.54) is 12.1 Å². The SMILES string of the molecule is CCN(CCC(=O)Nc1ccc(C(N)=O)cc1)C(=O)CNC(=O)C1CCCC1. The first-order valence-corrected chi connectivity index (χ1v) is 9.66.